The van der Waals surface area contributed by atoms with E-state index in [1.165, 1.54) is 5.57 Å². The van der Waals surface area contributed by atoms with Gasteiger partial charge in [0.05, 0.1) is 11.6 Å². The SMILES string of the molecule is CC1(C)CC[C@]2(C(N)=O)CC[C@]3(C)[C@@](O)(C2C1)[C@H](O)C=C1[C@@]2(C)Cc4cnoc4C(C)(C)[C@@H]2CC[C@]13C. The van der Waals surface area contributed by atoms with Crippen LogP contribution in [-0.2, 0) is 16.6 Å². The van der Waals surface area contributed by atoms with Gasteiger partial charge < -0.3 is 20.5 Å². The van der Waals surface area contributed by atoms with E-state index < -0.39 is 22.5 Å². The lowest BCUT2D eigenvalue weighted by atomic mass is 9.32. The van der Waals surface area contributed by atoms with Crippen LogP contribution in [0.4, 0.5) is 0 Å². The van der Waals surface area contributed by atoms with Crippen molar-refractivity contribution in [3.8, 4) is 0 Å². The lowest BCUT2D eigenvalue weighted by Crippen LogP contribution is -2.76. The summed E-state index contributed by atoms with van der Waals surface area (Å²) in [5.41, 5.74) is 5.08. The van der Waals surface area contributed by atoms with Crippen LogP contribution in [0.5, 0.6) is 0 Å². The Balaban J connectivity index is 1.55. The van der Waals surface area contributed by atoms with Gasteiger partial charge in [0.2, 0.25) is 5.91 Å². The molecule has 204 valence electrons. The van der Waals surface area contributed by atoms with Gasteiger partial charge in [0.25, 0.3) is 0 Å². The summed E-state index contributed by atoms with van der Waals surface area (Å²) >= 11 is 0. The Kier molecular flexibility index (Phi) is 4.91. The van der Waals surface area contributed by atoms with Crippen molar-refractivity contribution in [3.05, 3.63) is 29.2 Å². The molecule has 0 saturated heterocycles. The second-order valence-electron chi connectivity index (χ2n) is 15.5. The Labute approximate surface area is 221 Å². The molecule has 1 aromatic rings. The summed E-state index contributed by atoms with van der Waals surface area (Å²) in [6.07, 6.45) is 9.23. The van der Waals surface area contributed by atoms with Gasteiger partial charge in [-0.25, -0.2) is 0 Å². The average Bonchev–Trinajstić information content (AvgIpc) is 3.26. The van der Waals surface area contributed by atoms with Crippen LogP contribution in [0, 0.1) is 38.9 Å². The molecule has 1 unspecified atom stereocenters. The maximum atomic E-state index is 13.1. The van der Waals surface area contributed by atoms with Gasteiger partial charge >= 0.3 is 0 Å². The van der Waals surface area contributed by atoms with Crippen molar-refractivity contribution in [2.75, 3.05) is 0 Å². The fraction of sp³-hybridized carbons (Fsp3) is 0.806. The van der Waals surface area contributed by atoms with E-state index in [4.69, 9.17) is 10.3 Å². The number of aromatic nitrogens is 1. The molecule has 1 amide bonds. The second kappa shape index (κ2) is 7.10. The minimum absolute atomic E-state index is 0.0239. The molecule has 8 atom stereocenters. The van der Waals surface area contributed by atoms with Crippen molar-refractivity contribution in [3.63, 3.8) is 0 Å². The first kappa shape index (κ1) is 25.6. The quantitative estimate of drug-likeness (QED) is 0.458. The first-order valence-electron chi connectivity index (χ1n) is 14.4. The highest BCUT2D eigenvalue weighted by atomic mass is 16.5. The van der Waals surface area contributed by atoms with Crippen LogP contribution in [0.1, 0.15) is 105 Å². The van der Waals surface area contributed by atoms with Crippen LogP contribution in [0.15, 0.2) is 22.4 Å². The van der Waals surface area contributed by atoms with Crippen molar-refractivity contribution in [2.24, 2.45) is 44.6 Å². The van der Waals surface area contributed by atoms with Crippen molar-refractivity contribution >= 4 is 5.91 Å². The zero-order chi connectivity index (χ0) is 27.0. The number of rotatable bonds is 1. The number of amides is 1. The second-order valence-corrected chi connectivity index (χ2v) is 15.5. The molecule has 1 aromatic heterocycles. The summed E-state index contributed by atoms with van der Waals surface area (Å²) < 4.78 is 5.78. The zero-order valence-electron chi connectivity index (χ0n) is 23.8. The Morgan fingerprint density at radius 3 is 2.38 bits per heavy atom. The van der Waals surface area contributed by atoms with E-state index in [9.17, 15) is 15.0 Å². The third-order valence-electron chi connectivity index (χ3n) is 13.2. The molecule has 3 fully saturated rings. The maximum Gasteiger partial charge on any atom is 0.224 e. The van der Waals surface area contributed by atoms with Gasteiger partial charge in [-0.15, -0.1) is 0 Å². The van der Waals surface area contributed by atoms with Gasteiger partial charge in [-0.3, -0.25) is 4.79 Å². The van der Waals surface area contributed by atoms with Gasteiger partial charge in [0.15, 0.2) is 0 Å². The van der Waals surface area contributed by atoms with E-state index in [1.54, 1.807) is 0 Å². The van der Waals surface area contributed by atoms with Crippen LogP contribution >= 0.6 is 0 Å². The van der Waals surface area contributed by atoms with E-state index in [2.05, 4.69) is 53.6 Å². The molecule has 37 heavy (non-hydrogen) atoms. The molecular formula is C31H46N2O4. The molecule has 0 spiro atoms. The van der Waals surface area contributed by atoms with Crippen molar-refractivity contribution < 1.29 is 19.5 Å². The molecule has 3 saturated carbocycles. The number of nitrogens with two attached hydrogens (primary N) is 1. The Hall–Kier alpha value is -1.66. The third kappa shape index (κ3) is 2.75. The molecule has 0 aromatic carbocycles. The number of aliphatic hydroxyl groups is 2. The molecule has 0 radical (unpaired) electrons. The summed E-state index contributed by atoms with van der Waals surface area (Å²) in [6.45, 7) is 15.9. The number of aliphatic hydroxyl groups excluding tert-OH is 1. The molecular weight excluding hydrogens is 464 g/mol. The molecule has 1 heterocycles. The molecule has 4 N–H and O–H groups in total. The van der Waals surface area contributed by atoms with Gasteiger partial charge in [-0.2, -0.15) is 0 Å². The molecule has 6 nitrogen and oxygen atoms in total. The van der Waals surface area contributed by atoms with E-state index in [0.717, 1.165) is 37.0 Å². The maximum absolute atomic E-state index is 13.1. The van der Waals surface area contributed by atoms with Gasteiger partial charge in [-0.1, -0.05) is 65.3 Å². The van der Waals surface area contributed by atoms with Crippen LogP contribution < -0.4 is 5.73 Å². The fourth-order valence-electron chi connectivity index (χ4n) is 11.0. The van der Waals surface area contributed by atoms with Crippen molar-refractivity contribution in [1.29, 1.82) is 0 Å². The fourth-order valence-corrected chi connectivity index (χ4v) is 11.0. The van der Waals surface area contributed by atoms with E-state index in [-0.39, 0.29) is 33.5 Å². The number of carbonyl (C=O) groups is 1. The number of allylic oxidation sites excluding steroid dienone is 1. The summed E-state index contributed by atoms with van der Waals surface area (Å²) in [6, 6.07) is 0. The summed E-state index contributed by atoms with van der Waals surface area (Å²) in [7, 11) is 0. The summed E-state index contributed by atoms with van der Waals surface area (Å²) in [5.74, 6) is 0.651. The highest BCUT2D eigenvalue weighted by Gasteiger charge is 2.76. The van der Waals surface area contributed by atoms with Crippen LogP contribution in [0.3, 0.4) is 0 Å². The van der Waals surface area contributed by atoms with Gasteiger partial charge in [-0.05, 0) is 73.5 Å². The molecule has 0 aliphatic heterocycles. The summed E-state index contributed by atoms with van der Waals surface area (Å²) in [5, 5.41) is 29.2. The van der Waals surface area contributed by atoms with E-state index >= 15 is 0 Å². The highest BCUT2D eigenvalue weighted by Crippen LogP contribution is 2.76. The van der Waals surface area contributed by atoms with Crippen LogP contribution in [0.25, 0.3) is 0 Å². The molecule has 5 aliphatic rings. The number of carbonyl (C=O) groups excluding carboxylic acids is 1. The molecule has 6 heteroatoms. The number of fused-ring (bicyclic) bond motifs is 8. The molecule has 0 bridgehead atoms. The predicted octanol–water partition coefficient (Wildman–Crippen LogP) is 5.06. The van der Waals surface area contributed by atoms with Crippen LogP contribution in [-0.4, -0.2) is 33.0 Å². The van der Waals surface area contributed by atoms with Crippen LogP contribution in [0.2, 0.25) is 0 Å². The normalized spacial score (nSPS) is 49.4. The zero-order valence-corrected chi connectivity index (χ0v) is 23.8. The van der Waals surface area contributed by atoms with Crippen molar-refractivity contribution in [2.45, 2.75) is 117 Å². The summed E-state index contributed by atoms with van der Waals surface area (Å²) in [4.78, 5) is 13.1. The third-order valence-corrected chi connectivity index (χ3v) is 13.2. The Bertz CT molecular complexity index is 1200. The molecule has 5 aliphatic carbocycles. The topological polar surface area (TPSA) is 110 Å². The van der Waals surface area contributed by atoms with Crippen molar-refractivity contribution in [1.82, 2.24) is 5.16 Å². The minimum atomic E-state index is -1.42. The number of primary amides is 1. The van der Waals surface area contributed by atoms with E-state index in [1.807, 2.05) is 12.3 Å². The number of hydrogen-bond acceptors (Lipinski definition) is 5. The number of hydrogen-bond donors (Lipinski definition) is 3. The lowest BCUT2D eigenvalue weighted by molar-refractivity contribution is -0.283. The van der Waals surface area contributed by atoms with Gasteiger partial charge in [0.1, 0.15) is 17.5 Å². The number of nitrogens with zero attached hydrogens (tertiary/aromatic N) is 1. The standard InChI is InChI=1S/C31H46N2O4/c1-25(2)10-12-30(24(32)35)13-11-29(7)28(6)9-8-19-26(3,4)23-18(17-33-37-23)15-27(19,5)20(28)14-22(34)31(29,36)21(30)16-25/h14,17,19,21-22,34,36H,8-13,15-16H2,1-7H3,(H2,32,35)/t19-,21?,22+,27-,28+,29-,30-,31+/m0/s1. The Morgan fingerprint density at radius 2 is 1.70 bits per heavy atom. The highest BCUT2D eigenvalue weighted by molar-refractivity contribution is 5.82. The first-order chi connectivity index (χ1) is 17.0. The van der Waals surface area contributed by atoms with Gasteiger partial charge in [0, 0.05) is 22.3 Å². The predicted molar refractivity (Wildman–Crippen MR) is 141 cm³/mol. The average molecular weight is 511 g/mol. The lowest BCUT2D eigenvalue weighted by Gasteiger charge is -2.73. The largest absolute Gasteiger partial charge is 0.386 e. The first-order valence-corrected chi connectivity index (χ1v) is 14.4. The molecule has 6 rings (SSSR count). The van der Waals surface area contributed by atoms with E-state index in [0.29, 0.717) is 31.6 Å². The minimum Gasteiger partial charge on any atom is -0.386 e. The Morgan fingerprint density at radius 1 is 1.03 bits per heavy atom. The smallest absolute Gasteiger partial charge is 0.224 e. The monoisotopic (exact) mass is 510 g/mol.